The first-order chi connectivity index (χ1) is 13.2. The van der Waals surface area contributed by atoms with E-state index in [0.717, 1.165) is 0 Å². The Kier molecular flexibility index (Phi) is 25.0. The second-order valence-corrected chi connectivity index (χ2v) is 9.27. The van der Waals surface area contributed by atoms with Gasteiger partial charge in [0.15, 0.2) is 0 Å². The molecular formula is C26H57NO. The van der Waals surface area contributed by atoms with E-state index in [1.54, 1.807) is 0 Å². The van der Waals surface area contributed by atoms with Crippen molar-refractivity contribution < 1.29 is 5.48 Å². The molecule has 172 valence electrons. The van der Waals surface area contributed by atoms with Crippen LogP contribution in [0.4, 0.5) is 0 Å². The molecule has 0 aliphatic heterocycles. The molecular weight excluding hydrogens is 342 g/mol. The predicted octanol–water partition coefficient (Wildman–Crippen LogP) is 8.50. The van der Waals surface area contributed by atoms with Crippen LogP contribution in [0.1, 0.15) is 162 Å². The average molecular weight is 400 g/mol. The standard InChI is InChI=1S/C26H55N.H2O/c1-4-7-10-13-16-19-22-25-26(27,23-20-17-14-11-8-5-2)24-21-18-15-12-9-6-3;/h4-25,27H2,1-3H3;1H2. The molecule has 0 saturated heterocycles. The van der Waals surface area contributed by atoms with Gasteiger partial charge in [-0.2, -0.15) is 0 Å². The smallest absolute Gasteiger partial charge is 0.0154 e. The topological polar surface area (TPSA) is 57.5 Å². The van der Waals surface area contributed by atoms with E-state index >= 15 is 0 Å². The molecule has 0 aromatic rings. The highest BCUT2D eigenvalue weighted by Gasteiger charge is 2.23. The summed E-state index contributed by atoms with van der Waals surface area (Å²) < 4.78 is 0. The zero-order valence-corrected chi connectivity index (χ0v) is 20.1. The van der Waals surface area contributed by atoms with E-state index in [-0.39, 0.29) is 11.0 Å². The molecule has 4 N–H and O–H groups in total. The highest BCUT2D eigenvalue weighted by atomic mass is 16.0. The lowest BCUT2D eigenvalue weighted by Gasteiger charge is -2.30. The highest BCUT2D eigenvalue weighted by Crippen LogP contribution is 2.27. The maximum atomic E-state index is 6.94. The fourth-order valence-electron chi connectivity index (χ4n) is 4.32. The van der Waals surface area contributed by atoms with Crippen molar-refractivity contribution in [3.8, 4) is 0 Å². The van der Waals surface area contributed by atoms with Gasteiger partial charge in [-0.05, 0) is 19.3 Å². The van der Waals surface area contributed by atoms with Crippen molar-refractivity contribution in [2.24, 2.45) is 5.73 Å². The van der Waals surface area contributed by atoms with Crippen molar-refractivity contribution in [3.05, 3.63) is 0 Å². The molecule has 0 unspecified atom stereocenters. The molecule has 0 fully saturated rings. The third-order valence-electron chi connectivity index (χ3n) is 6.33. The molecule has 0 saturated carbocycles. The van der Waals surface area contributed by atoms with E-state index in [1.165, 1.54) is 141 Å². The van der Waals surface area contributed by atoms with Crippen LogP contribution in [0.25, 0.3) is 0 Å². The van der Waals surface area contributed by atoms with Gasteiger partial charge >= 0.3 is 0 Å². The summed E-state index contributed by atoms with van der Waals surface area (Å²) in [5.74, 6) is 0. The zero-order valence-electron chi connectivity index (χ0n) is 20.1. The van der Waals surface area contributed by atoms with E-state index < -0.39 is 0 Å². The number of hydrogen-bond acceptors (Lipinski definition) is 1. The van der Waals surface area contributed by atoms with Crippen LogP contribution < -0.4 is 5.73 Å². The summed E-state index contributed by atoms with van der Waals surface area (Å²) >= 11 is 0. The molecule has 0 amide bonds. The number of nitrogens with two attached hydrogens (primary N) is 1. The molecule has 0 rings (SSSR count). The predicted molar refractivity (Wildman–Crippen MR) is 129 cm³/mol. The maximum absolute atomic E-state index is 6.94. The van der Waals surface area contributed by atoms with Gasteiger partial charge in [-0.25, -0.2) is 0 Å². The Hall–Kier alpha value is -0.0800. The van der Waals surface area contributed by atoms with Crippen molar-refractivity contribution in [2.75, 3.05) is 0 Å². The second-order valence-electron chi connectivity index (χ2n) is 9.27. The SMILES string of the molecule is CCCCCCCCCC(N)(CCCCCCCC)CCCCCCCC.O. The normalized spacial score (nSPS) is 11.6. The Morgan fingerprint density at radius 3 is 0.857 bits per heavy atom. The first-order valence-corrected chi connectivity index (χ1v) is 13.0. The third kappa shape index (κ3) is 20.6. The lowest BCUT2D eigenvalue weighted by atomic mass is 9.82. The summed E-state index contributed by atoms with van der Waals surface area (Å²) in [6, 6.07) is 0. The Morgan fingerprint density at radius 2 is 0.607 bits per heavy atom. The average Bonchev–Trinajstić information content (AvgIpc) is 2.67. The summed E-state index contributed by atoms with van der Waals surface area (Å²) in [5.41, 5.74) is 7.08. The molecule has 0 spiro atoms. The summed E-state index contributed by atoms with van der Waals surface area (Å²) in [4.78, 5) is 0. The van der Waals surface area contributed by atoms with Gasteiger partial charge in [-0.3, -0.25) is 0 Å². The largest absolute Gasteiger partial charge is 0.412 e. The second kappa shape index (κ2) is 23.2. The van der Waals surface area contributed by atoms with Gasteiger partial charge in [0.25, 0.3) is 0 Å². The summed E-state index contributed by atoms with van der Waals surface area (Å²) in [6.07, 6.45) is 30.3. The molecule has 0 aromatic heterocycles. The van der Waals surface area contributed by atoms with Gasteiger partial charge in [-0.15, -0.1) is 0 Å². The Morgan fingerprint density at radius 1 is 0.393 bits per heavy atom. The van der Waals surface area contributed by atoms with Crippen LogP contribution in [-0.4, -0.2) is 11.0 Å². The van der Waals surface area contributed by atoms with E-state index in [1.807, 2.05) is 0 Å². The van der Waals surface area contributed by atoms with Crippen LogP contribution in [0.2, 0.25) is 0 Å². The molecule has 2 heteroatoms. The third-order valence-corrected chi connectivity index (χ3v) is 6.33. The fraction of sp³-hybridized carbons (Fsp3) is 1.00. The minimum atomic E-state index is 0. The van der Waals surface area contributed by atoms with Crippen molar-refractivity contribution in [2.45, 2.75) is 168 Å². The number of unbranched alkanes of at least 4 members (excludes halogenated alkanes) is 16. The van der Waals surface area contributed by atoms with Crippen LogP contribution in [0.5, 0.6) is 0 Å². The van der Waals surface area contributed by atoms with Gasteiger partial charge in [0, 0.05) is 5.54 Å². The number of hydrogen-bond donors (Lipinski definition) is 1. The quantitative estimate of drug-likeness (QED) is 0.182. The van der Waals surface area contributed by atoms with Crippen molar-refractivity contribution >= 4 is 0 Å². The first kappa shape index (κ1) is 30.1. The first-order valence-electron chi connectivity index (χ1n) is 13.0. The van der Waals surface area contributed by atoms with E-state index in [9.17, 15) is 0 Å². The molecule has 0 atom stereocenters. The molecule has 0 aliphatic rings. The minimum absolute atomic E-state index is 0. The Labute approximate surface area is 179 Å². The lowest BCUT2D eigenvalue weighted by Crippen LogP contribution is -2.39. The molecule has 0 bridgehead atoms. The molecule has 0 heterocycles. The van der Waals surface area contributed by atoms with Crippen molar-refractivity contribution in [3.63, 3.8) is 0 Å². The minimum Gasteiger partial charge on any atom is -0.412 e. The van der Waals surface area contributed by atoms with Crippen LogP contribution in [0, 0.1) is 0 Å². The monoisotopic (exact) mass is 399 g/mol. The molecule has 0 aliphatic carbocycles. The van der Waals surface area contributed by atoms with E-state index in [2.05, 4.69) is 20.8 Å². The van der Waals surface area contributed by atoms with Crippen LogP contribution in [-0.2, 0) is 0 Å². The Balaban J connectivity index is 0. The highest BCUT2D eigenvalue weighted by molar-refractivity contribution is 4.84. The van der Waals surface area contributed by atoms with Crippen molar-refractivity contribution in [1.29, 1.82) is 0 Å². The molecule has 2 nitrogen and oxygen atoms in total. The Bertz CT molecular complexity index is 264. The summed E-state index contributed by atoms with van der Waals surface area (Å²) in [6.45, 7) is 6.90. The zero-order chi connectivity index (χ0) is 20.1. The van der Waals surface area contributed by atoms with Gasteiger partial charge in [0.2, 0.25) is 0 Å². The van der Waals surface area contributed by atoms with Crippen molar-refractivity contribution in [1.82, 2.24) is 0 Å². The molecule has 28 heavy (non-hydrogen) atoms. The van der Waals surface area contributed by atoms with Crippen LogP contribution in [0.3, 0.4) is 0 Å². The van der Waals surface area contributed by atoms with Gasteiger partial charge in [-0.1, -0.05) is 143 Å². The molecule has 0 aromatic carbocycles. The fourth-order valence-corrected chi connectivity index (χ4v) is 4.32. The van der Waals surface area contributed by atoms with Gasteiger partial charge in [0.1, 0.15) is 0 Å². The molecule has 0 radical (unpaired) electrons. The lowest BCUT2D eigenvalue weighted by molar-refractivity contribution is 0.302. The van der Waals surface area contributed by atoms with E-state index in [0.29, 0.717) is 0 Å². The number of rotatable bonds is 22. The summed E-state index contributed by atoms with van der Waals surface area (Å²) in [5, 5.41) is 0. The van der Waals surface area contributed by atoms with Gasteiger partial charge in [0.05, 0.1) is 0 Å². The van der Waals surface area contributed by atoms with Crippen LogP contribution in [0.15, 0.2) is 0 Å². The van der Waals surface area contributed by atoms with Gasteiger partial charge < -0.3 is 11.2 Å². The maximum Gasteiger partial charge on any atom is 0.0154 e. The van der Waals surface area contributed by atoms with Crippen LogP contribution >= 0.6 is 0 Å². The summed E-state index contributed by atoms with van der Waals surface area (Å²) in [7, 11) is 0. The van der Waals surface area contributed by atoms with E-state index in [4.69, 9.17) is 5.73 Å².